The number of methoxy groups -OCH3 is 3. The molecule has 0 spiro atoms. The number of imidazole rings is 1. The van der Waals surface area contributed by atoms with Crippen molar-refractivity contribution in [1.82, 2.24) is 25.0 Å². The van der Waals surface area contributed by atoms with E-state index in [1.807, 2.05) is 30.3 Å². The molecule has 2 atom stereocenters. The Hall–Kier alpha value is -3.75. The van der Waals surface area contributed by atoms with Crippen LogP contribution in [0, 0.1) is 5.92 Å². The molecular formula is C23H26N6O3. The molecule has 0 bridgehead atoms. The van der Waals surface area contributed by atoms with Crippen LogP contribution in [0.2, 0.25) is 0 Å². The maximum Gasteiger partial charge on any atom is 0.163 e. The lowest BCUT2D eigenvalue weighted by Gasteiger charge is -2.29. The summed E-state index contributed by atoms with van der Waals surface area (Å²) in [6.45, 7) is 3.14. The average molecular weight is 435 g/mol. The highest BCUT2D eigenvalue weighted by Crippen LogP contribution is 2.43. The van der Waals surface area contributed by atoms with Gasteiger partial charge in [0.25, 0.3) is 0 Å². The van der Waals surface area contributed by atoms with Crippen molar-refractivity contribution in [3.05, 3.63) is 48.5 Å². The van der Waals surface area contributed by atoms with E-state index in [1.54, 1.807) is 38.5 Å². The summed E-state index contributed by atoms with van der Waals surface area (Å²) in [6.07, 6.45) is 4.40. The smallest absolute Gasteiger partial charge is 0.163 e. The largest absolute Gasteiger partial charge is 0.497 e. The van der Waals surface area contributed by atoms with Gasteiger partial charge in [0.1, 0.15) is 17.3 Å². The fraction of sp³-hybridized carbons (Fsp3) is 0.348. The van der Waals surface area contributed by atoms with Crippen molar-refractivity contribution in [2.45, 2.75) is 19.4 Å². The molecule has 1 fully saturated rings. The summed E-state index contributed by atoms with van der Waals surface area (Å²) >= 11 is 0. The molecule has 3 heterocycles. The third-order valence-electron chi connectivity index (χ3n) is 6.11. The maximum absolute atomic E-state index is 5.53. The number of benzene rings is 2. The number of H-pyrrole nitrogens is 1. The van der Waals surface area contributed by atoms with E-state index in [0.29, 0.717) is 17.4 Å². The van der Waals surface area contributed by atoms with Crippen LogP contribution in [0.3, 0.4) is 0 Å². The van der Waals surface area contributed by atoms with Crippen molar-refractivity contribution in [2.75, 3.05) is 32.8 Å². The third-order valence-corrected chi connectivity index (χ3v) is 6.11. The Morgan fingerprint density at radius 3 is 2.41 bits per heavy atom. The fourth-order valence-corrected chi connectivity index (χ4v) is 4.50. The predicted molar refractivity (Wildman–Crippen MR) is 121 cm³/mol. The molecule has 1 aliphatic heterocycles. The van der Waals surface area contributed by atoms with E-state index in [0.717, 1.165) is 46.9 Å². The van der Waals surface area contributed by atoms with Crippen LogP contribution < -0.4 is 19.1 Å². The van der Waals surface area contributed by atoms with Gasteiger partial charge in [0.2, 0.25) is 0 Å². The Kier molecular flexibility index (Phi) is 5.08. The van der Waals surface area contributed by atoms with E-state index in [4.69, 9.17) is 19.2 Å². The zero-order chi connectivity index (χ0) is 22.2. The van der Waals surface area contributed by atoms with Gasteiger partial charge in [-0.25, -0.2) is 4.98 Å². The van der Waals surface area contributed by atoms with E-state index in [2.05, 4.69) is 27.0 Å². The highest BCUT2D eigenvalue weighted by Gasteiger charge is 2.36. The molecule has 0 unspecified atom stereocenters. The van der Waals surface area contributed by atoms with Crippen molar-refractivity contribution in [3.8, 4) is 22.9 Å². The highest BCUT2D eigenvalue weighted by atomic mass is 16.5. The number of ether oxygens (including phenoxy) is 3. The molecule has 9 heteroatoms. The van der Waals surface area contributed by atoms with Crippen LogP contribution in [-0.2, 0) is 0 Å². The monoisotopic (exact) mass is 434 g/mol. The lowest BCUT2D eigenvalue weighted by molar-refractivity contribution is 0.356. The Balaban J connectivity index is 1.61. The topological polar surface area (TPSA) is 90.3 Å². The molecule has 166 valence electrons. The molecule has 5 rings (SSSR count). The summed E-state index contributed by atoms with van der Waals surface area (Å²) in [4.78, 5) is 12.5. The number of rotatable bonds is 6. The predicted octanol–water partition coefficient (Wildman–Crippen LogP) is 3.76. The van der Waals surface area contributed by atoms with Gasteiger partial charge in [0.05, 0.1) is 56.5 Å². The summed E-state index contributed by atoms with van der Waals surface area (Å²) in [7, 11) is 4.94. The van der Waals surface area contributed by atoms with Crippen LogP contribution in [0.4, 0.5) is 5.69 Å². The van der Waals surface area contributed by atoms with Crippen molar-refractivity contribution >= 4 is 16.7 Å². The number of hydrogen-bond acceptors (Lipinski definition) is 7. The second kappa shape index (κ2) is 8.07. The first kappa shape index (κ1) is 20.2. The second-order valence-corrected chi connectivity index (χ2v) is 7.92. The molecule has 1 saturated heterocycles. The molecule has 1 aliphatic rings. The molecule has 0 amide bonds. The molecule has 0 aliphatic carbocycles. The van der Waals surface area contributed by atoms with Crippen molar-refractivity contribution in [3.63, 3.8) is 0 Å². The van der Waals surface area contributed by atoms with E-state index in [9.17, 15) is 0 Å². The number of aromatic nitrogens is 5. The summed E-state index contributed by atoms with van der Waals surface area (Å²) in [5.41, 5.74) is 3.66. The molecule has 0 radical (unpaired) electrons. The SMILES string of the molecule is COc1ccc(-n2nccn2)c(N2CC[C@H](C)[C@H]2c2nc3cc(OC)c(OC)cc3[nH]2)c1. The van der Waals surface area contributed by atoms with Gasteiger partial charge in [-0.3, -0.25) is 0 Å². The minimum Gasteiger partial charge on any atom is -0.497 e. The Morgan fingerprint density at radius 1 is 0.938 bits per heavy atom. The van der Waals surface area contributed by atoms with Gasteiger partial charge in [-0.1, -0.05) is 6.92 Å². The van der Waals surface area contributed by atoms with Crippen molar-refractivity contribution < 1.29 is 14.2 Å². The summed E-state index contributed by atoms with van der Waals surface area (Å²) in [6, 6.07) is 9.85. The average Bonchev–Trinajstić information content (AvgIpc) is 3.56. The van der Waals surface area contributed by atoms with Gasteiger partial charge >= 0.3 is 0 Å². The lowest BCUT2D eigenvalue weighted by Crippen LogP contribution is -2.27. The Morgan fingerprint density at radius 2 is 1.69 bits per heavy atom. The zero-order valence-electron chi connectivity index (χ0n) is 18.6. The number of aromatic amines is 1. The molecule has 9 nitrogen and oxygen atoms in total. The van der Waals surface area contributed by atoms with Crippen LogP contribution in [0.1, 0.15) is 25.2 Å². The van der Waals surface area contributed by atoms with E-state index >= 15 is 0 Å². The highest BCUT2D eigenvalue weighted by molar-refractivity contribution is 5.80. The number of anilines is 1. The van der Waals surface area contributed by atoms with Crippen LogP contribution in [0.25, 0.3) is 16.7 Å². The first-order valence-electron chi connectivity index (χ1n) is 10.6. The molecule has 0 saturated carbocycles. The molecule has 4 aromatic rings. The molecule has 2 aromatic heterocycles. The van der Waals surface area contributed by atoms with Crippen LogP contribution in [-0.4, -0.2) is 52.8 Å². The third kappa shape index (κ3) is 3.30. The van der Waals surface area contributed by atoms with Gasteiger partial charge in [-0.15, -0.1) is 4.80 Å². The van der Waals surface area contributed by atoms with E-state index in [-0.39, 0.29) is 6.04 Å². The van der Waals surface area contributed by atoms with E-state index in [1.165, 1.54) is 0 Å². The number of fused-ring (bicyclic) bond motifs is 1. The molecule has 2 aromatic carbocycles. The van der Waals surface area contributed by atoms with Crippen LogP contribution in [0.5, 0.6) is 17.2 Å². The number of nitrogens with one attached hydrogen (secondary N) is 1. The quantitative estimate of drug-likeness (QED) is 0.494. The second-order valence-electron chi connectivity index (χ2n) is 7.92. The maximum atomic E-state index is 5.53. The molecule has 1 N–H and O–H groups in total. The first-order valence-corrected chi connectivity index (χ1v) is 10.6. The minimum atomic E-state index is 0.0563. The summed E-state index contributed by atoms with van der Waals surface area (Å²) in [5, 5.41) is 8.70. The Labute approximate surface area is 185 Å². The number of nitrogens with zero attached hydrogens (tertiary/aromatic N) is 5. The van der Waals surface area contributed by atoms with Crippen LogP contribution in [0.15, 0.2) is 42.7 Å². The van der Waals surface area contributed by atoms with Gasteiger partial charge in [0, 0.05) is 24.7 Å². The van der Waals surface area contributed by atoms with E-state index < -0.39 is 0 Å². The van der Waals surface area contributed by atoms with Gasteiger partial charge in [-0.05, 0) is 24.5 Å². The minimum absolute atomic E-state index is 0.0563. The standard InChI is InChI=1S/C23H26N6O3/c1-14-7-10-28(19-11-15(30-2)5-6-18(19)29-24-8-9-25-29)22(14)23-26-16-12-20(31-3)21(32-4)13-17(16)27-23/h5-6,8-9,11-14,22H,7,10H2,1-4H3,(H,26,27)/t14-,22-/m0/s1. The van der Waals surface area contributed by atoms with Gasteiger partial charge < -0.3 is 24.1 Å². The first-order chi connectivity index (χ1) is 15.6. The molecule has 32 heavy (non-hydrogen) atoms. The van der Waals surface area contributed by atoms with Crippen molar-refractivity contribution in [2.24, 2.45) is 5.92 Å². The summed E-state index contributed by atoms with van der Waals surface area (Å²) < 4.78 is 16.4. The fourth-order valence-electron chi connectivity index (χ4n) is 4.50. The van der Waals surface area contributed by atoms with Gasteiger partial charge in [-0.2, -0.15) is 10.2 Å². The van der Waals surface area contributed by atoms with Gasteiger partial charge in [0.15, 0.2) is 11.5 Å². The lowest BCUT2D eigenvalue weighted by atomic mass is 10.0. The van der Waals surface area contributed by atoms with Crippen LogP contribution >= 0.6 is 0 Å². The van der Waals surface area contributed by atoms with Crippen molar-refractivity contribution in [1.29, 1.82) is 0 Å². The molecular weight excluding hydrogens is 408 g/mol. The Bertz CT molecular complexity index is 1200. The number of hydrogen-bond donors (Lipinski definition) is 1. The zero-order valence-corrected chi connectivity index (χ0v) is 18.6. The normalized spacial score (nSPS) is 18.3. The summed E-state index contributed by atoms with van der Waals surface area (Å²) in [5.74, 6) is 3.42.